The van der Waals surface area contributed by atoms with Crippen molar-refractivity contribution in [1.29, 1.82) is 0 Å². The number of nitrogens with zero attached hydrogens (tertiary/aromatic N) is 2. The van der Waals surface area contributed by atoms with Gasteiger partial charge in [0.1, 0.15) is 5.82 Å². The summed E-state index contributed by atoms with van der Waals surface area (Å²) in [6.07, 6.45) is 2.90. The van der Waals surface area contributed by atoms with Crippen LogP contribution in [0.5, 0.6) is 0 Å². The fourth-order valence-corrected chi connectivity index (χ4v) is 4.45. The molecule has 4 heteroatoms. The van der Waals surface area contributed by atoms with E-state index >= 15 is 0 Å². The predicted octanol–water partition coefficient (Wildman–Crippen LogP) is 4.05. The van der Waals surface area contributed by atoms with Crippen molar-refractivity contribution in [2.24, 2.45) is 5.92 Å². The number of rotatable bonds is 4. The van der Waals surface area contributed by atoms with Crippen LogP contribution in [-0.2, 0) is 11.3 Å². The zero-order valence-corrected chi connectivity index (χ0v) is 15.7. The van der Waals surface area contributed by atoms with Crippen LogP contribution >= 0.6 is 0 Å². The minimum absolute atomic E-state index is 0.135. The van der Waals surface area contributed by atoms with Gasteiger partial charge in [-0.3, -0.25) is 9.69 Å². The summed E-state index contributed by atoms with van der Waals surface area (Å²) in [6, 6.07) is 17.3. The largest absolute Gasteiger partial charge is 0.342 e. The van der Waals surface area contributed by atoms with Crippen LogP contribution in [0.2, 0.25) is 0 Å². The molecule has 0 aromatic heterocycles. The van der Waals surface area contributed by atoms with E-state index in [2.05, 4.69) is 34.1 Å². The van der Waals surface area contributed by atoms with Crippen molar-refractivity contribution >= 4 is 5.91 Å². The van der Waals surface area contributed by atoms with E-state index in [-0.39, 0.29) is 11.7 Å². The third-order valence-corrected chi connectivity index (χ3v) is 6.02. The lowest BCUT2D eigenvalue weighted by Gasteiger charge is -2.34. The highest BCUT2D eigenvalue weighted by atomic mass is 19.1. The molecule has 142 valence electrons. The van der Waals surface area contributed by atoms with E-state index in [1.807, 2.05) is 18.2 Å². The van der Waals surface area contributed by atoms with Gasteiger partial charge in [0.15, 0.2) is 0 Å². The first-order chi connectivity index (χ1) is 13.2. The smallest absolute Gasteiger partial charge is 0.227 e. The number of halogens is 1. The van der Waals surface area contributed by atoms with Gasteiger partial charge in [-0.15, -0.1) is 0 Å². The summed E-state index contributed by atoms with van der Waals surface area (Å²) >= 11 is 0. The van der Waals surface area contributed by atoms with Gasteiger partial charge in [-0.2, -0.15) is 0 Å². The molecule has 0 bridgehead atoms. The molecule has 0 unspecified atom stereocenters. The lowest BCUT2D eigenvalue weighted by Crippen LogP contribution is -2.42. The van der Waals surface area contributed by atoms with Crippen molar-refractivity contribution in [3.8, 4) is 0 Å². The van der Waals surface area contributed by atoms with Crippen LogP contribution in [0.25, 0.3) is 0 Å². The monoisotopic (exact) mass is 366 g/mol. The Morgan fingerprint density at radius 2 is 1.63 bits per heavy atom. The first-order valence-electron chi connectivity index (χ1n) is 9.99. The average Bonchev–Trinajstić information content (AvgIpc) is 3.17. The molecule has 0 radical (unpaired) electrons. The van der Waals surface area contributed by atoms with E-state index < -0.39 is 0 Å². The summed E-state index contributed by atoms with van der Waals surface area (Å²) in [5.41, 5.74) is 2.50. The van der Waals surface area contributed by atoms with Gasteiger partial charge < -0.3 is 4.90 Å². The van der Waals surface area contributed by atoms with Crippen LogP contribution in [0.1, 0.15) is 36.3 Å². The number of carbonyl (C=O) groups is 1. The normalized spacial score (nSPS) is 21.5. The molecule has 2 heterocycles. The quantitative estimate of drug-likeness (QED) is 0.815. The van der Waals surface area contributed by atoms with Gasteiger partial charge in [0.25, 0.3) is 0 Å². The summed E-state index contributed by atoms with van der Waals surface area (Å²) < 4.78 is 13.1. The molecule has 2 aliphatic rings. The highest BCUT2D eigenvalue weighted by Crippen LogP contribution is 2.30. The van der Waals surface area contributed by atoms with Crippen molar-refractivity contribution < 1.29 is 9.18 Å². The molecule has 0 N–H and O–H groups in total. The van der Waals surface area contributed by atoms with Gasteiger partial charge in [-0.05, 0) is 55.0 Å². The maximum atomic E-state index is 13.1. The minimum Gasteiger partial charge on any atom is -0.342 e. The van der Waals surface area contributed by atoms with Crippen LogP contribution in [0.15, 0.2) is 54.6 Å². The van der Waals surface area contributed by atoms with Gasteiger partial charge in [0.2, 0.25) is 5.91 Å². The highest BCUT2D eigenvalue weighted by Gasteiger charge is 2.33. The molecule has 2 aromatic carbocycles. The van der Waals surface area contributed by atoms with Crippen LogP contribution in [0.3, 0.4) is 0 Å². The standard InChI is InChI=1S/C23H27FN2O/c24-22-8-6-19(7-9-22)20-11-14-26(15-12-20)23(27)21-10-13-25(17-21)16-18-4-2-1-3-5-18/h1-9,20-21H,10-17H2/t21-/m0/s1. The Hall–Kier alpha value is -2.20. The number of benzene rings is 2. The molecule has 3 nitrogen and oxygen atoms in total. The zero-order chi connectivity index (χ0) is 18.6. The van der Waals surface area contributed by atoms with Crippen molar-refractivity contribution in [1.82, 2.24) is 9.80 Å². The lowest BCUT2D eigenvalue weighted by atomic mass is 9.89. The summed E-state index contributed by atoms with van der Waals surface area (Å²) in [5.74, 6) is 0.708. The number of hydrogen-bond donors (Lipinski definition) is 0. The van der Waals surface area contributed by atoms with Crippen molar-refractivity contribution in [2.75, 3.05) is 26.2 Å². The molecule has 2 aliphatic heterocycles. The number of carbonyl (C=O) groups excluding carboxylic acids is 1. The molecule has 1 atom stereocenters. The number of amides is 1. The van der Waals surface area contributed by atoms with E-state index in [0.29, 0.717) is 11.8 Å². The van der Waals surface area contributed by atoms with Gasteiger partial charge in [-0.25, -0.2) is 4.39 Å². The average molecular weight is 366 g/mol. The molecule has 27 heavy (non-hydrogen) atoms. The van der Waals surface area contributed by atoms with Crippen molar-refractivity contribution in [3.63, 3.8) is 0 Å². The number of likely N-dealkylation sites (tertiary alicyclic amines) is 2. The molecule has 2 fully saturated rings. The molecule has 0 saturated carbocycles. The molecule has 0 aliphatic carbocycles. The van der Waals surface area contributed by atoms with Crippen LogP contribution in [0, 0.1) is 11.7 Å². The summed E-state index contributed by atoms with van der Waals surface area (Å²) in [5, 5.41) is 0. The Balaban J connectivity index is 1.27. The lowest BCUT2D eigenvalue weighted by molar-refractivity contribution is -0.136. The van der Waals surface area contributed by atoms with Crippen LogP contribution < -0.4 is 0 Å². The molecule has 4 rings (SSSR count). The molecule has 0 spiro atoms. The first-order valence-corrected chi connectivity index (χ1v) is 9.99. The second-order valence-electron chi connectivity index (χ2n) is 7.86. The van der Waals surface area contributed by atoms with Gasteiger partial charge in [0, 0.05) is 26.2 Å². The third-order valence-electron chi connectivity index (χ3n) is 6.02. The SMILES string of the molecule is O=C([C@H]1CCN(Cc2ccccc2)C1)N1CCC(c2ccc(F)cc2)CC1. The van der Waals surface area contributed by atoms with E-state index in [4.69, 9.17) is 0 Å². The Bertz CT molecular complexity index is 754. The Kier molecular flexibility index (Phi) is 5.53. The van der Waals surface area contributed by atoms with E-state index in [1.54, 1.807) is 0 Å². The number of hydrogen-bond acceptors (Lipinski definition) is 2. The fourth-order valence-electron chi connectivity index (χ4n) is 4.45. The molecular formula is C23H27FN2O. The maximum absolute atomic E-state index is 13.1. The van der Waals surface area contributed by atoms with Crippen LogP contribution in [0.4, 0.5) is 4.39 Å². The van der Waals surface area contributed by atoms with Gasteiger partial charge in [-0.1, -0.05) is 42.5 Å². The second kappa shape index (κ2) is 8.22. The number of piperidine rings is 1. The minimum atomic E-state index is -0.187. The molecule has 2 aromatic rings. The molecule has 1 amide bonds. The highest BCUT2D eigenvalue weighted by molar-refractivity contribution is 5.79. The molecular weight excluding hydrogens is 339 g/mol. The summed E-state index contributed by atoms with van der Waals surface area (Å²) in [6.45, 7) is 4.42. The summed E-state index contributed by atoms with van der Waals surface area (Å²) in [7, 11) is 0. The first kappa shape index (κ1) is 18.2. The van der Waals surface area contributed by atoms with Gasteiger partial charge >= 0.3 is 0 Å². The Morgan fingerprint density at radius 1 is 0.926 bits per heavy atom. The zero-order valence-electron chi connectivity index (χ0n) is 15.7. The topological polar surface area (TPSA) is 23.6 Å². The van der Waals surface area contributed by atoms with E-state index in [1.165, 1.54) is 23.3 Å². The molecule has 2 saturated heterocycles. The predicted molar refractivity (Wildman–Crippen MR) is 105 cm³/mol. The maximum Gasteiger partial charge on any atom is 0.227 e. The third kappa shape index (κ3) is 4.38. The van der Waals surface area contributed by atoms with Crippen molar-refractivity contribution in [2.45, 2.75) is 31.7 Å². The Labute approximate surface area is 160 Å². The van der Waals surface area contributed by atoms with E-state index in [9.17, 15) is 9.18 Å². The second-order valence-corrected chi connectivity index (χ2v) is 7.86. The fraction of sp³-hybridized carbons (Fsp3) is 0.435. The van der Waals surface area contributed by atoms with Crippen LogP contribution in [-0.4, -0.2) is 41.9 Å². The van der Waals surface area contributed by atoms with Gasteiger partial charge in [0.05, 0.1) is 5.92 Å². The van der Waals surface area contributed by atoms with Crippen molar-refractivity contribution in [3.05, 3.63) is 71.5 Å². The Morgan fingerprint density at radius 3 is 2.33 bits per heavy atom. The van der Waals surface area contributed by atoms with E-state index in [0.717, 1.165) is 52.0 Å². The summed E-state index contributed by atoms with van der Waals surface area (Å²) in [4.78, 5) is 17.4.